The van der Waals surface area contributed by atoms with E-state index in [1.165, 1.54) is 26.4 Å². The van der Waals surface area contributed by atoms with Crippen LogP contribution in [0.4, 0.5) is 5.69 Å². The van der Waals surface area contributed by atoms with Crippen LogP contribution >= 0.6 is 0 Å². The van der Waals surface area contributed by atoms with Crippen molar-refractivity contribution in [2.45, 2.75) is 26.8 Å². The maximum Gasteiger partial charge on any atom is 0.262 e. The Morgan fingerprint density at radius 1 is 1.24 bits per heavy atom. The van der Waals surface area contributed by atoms with Crippen LogP contribution in [-0.4, -0.2) is 62.3 Å². The predicted molar refractivity (Wildman–Crippen MR) is 122 cm³/mol. The fourth-order valence-corrected chi connectivity index (χ4v) is 4.18. The van der Waals surface area contributed by atoms with Crippen molar-refractivity contribution in [3.63, 3.8) is 0 Å². The van der Waals surface area contributed by atoms with Gasteiger partial charge in [-0.05, 0) is 37.1 Å². The number of sulfone groups is 1. The quantitative estimate of drug-likeness (QED) is 0.515. The highest BCUT2D eigenvalue weighted by molar-refractivity contribution is 7.90. The Morgan fingerprint density at radius 3 is 2.48 bits per heavy atom. The van der Waals surface area contributed by atoms with Crippen molar-refractivity contribution in [3.05, 3.63) is 47.3 Å². The maximum atomic E-state index is 13.4. The van der Waals surface area contributed by atoms with Gasteiger partial charge in [-0.2, -0.15) is 0 Å². The van der Waals surface area contributed by atoms with Crippen molar-refractivity contribution in [1.29, 1.82) is 0 Å². The zero-order valence-corrected chi connectivity index (χ0v) is 19.9. The topological polar surface area (TPSA) is 132 Å². The van der Waals surface area contributed by atoms with Crippen LogP contribution in [0.15, 0.2) is 30.6 Å². The molecule has 10 nitrogen and oxygen atoms in total. The Morgan fingerprint density at radius 2 is 1.94 bits per heavy atom. The summed E-state index contributed by atoms with van der Waals surface area (Å²) in [6.07, 6.45) is 3.94. The van der Waals surface area contributed by atoms with E-state index in [0.717, 1.165) is 11.2 Å². The lowest BCUT2D eigenvalue weighted by molar-refractivity contribution is -0.117. The van der Waals surface area contributed by atoms with E-state index in [1.54, 1.807) is 32.0 Å². The van der Waals surface area contributed by atoms with E-state index in [4.69, 9.17) is 9.47 Å². The van der Waals surface area contributed by atoms with Gasteiger partial charge in [0.25, 0.3) is 5.91 Å². The number of hydrogen-bond donors (Lipinski definition) is 1. The van der Waals surface area contributed by atoms with E-state index < -0.39 is 27.5 Å². The Hall–Kier alpha value is -3.47. The molecule has 1 unspecified atom stereocenters. The average molecular weight is 478 g/mol. The van der Waals surface area contributed by atoms with E-state index >= 15 is 0 Å². The molecule has 0 aliphatic heterocycles. The highest BCUT2D eigenvalue weighted by atomic mass is 32.2. The molecule has 0 bridgehead atoms. The minimum Gasteiger partial charge on any atom is -0.493 e. The van der Waals surface area contributed by atoms with Gasteiger partial charge in [0, 0.05) is 19.4 Å². The van der Waals surface area contributed by atoms with Gasteiger partial charge in [0.2, 0.25) is 12.3 Å². The van der Waals surface area contributed by atoms with Gasteiger partial charge in [-0.15, -0.1) is 0 Å². The summed E-state index contributed by atoms with van der Waals surface area (Å²) in [6, 6.07) is 3.55. The normalized spacial score (nSPS) is 11.9. The summed E-state index contributed by atoms with van der Waals surface area (Å²) in [6.45, 7) is 5.01. The molecular weight excluding hydrogens is 450 g/mol. The smallest absolute Gasteiger partial charge is 0.262 e. The van der Waals surface area contributed by atoms with Gasteiger partial charge in [-0.3, -0.25) is 24.3 Å². The van der Waals surface area contributed by atoms with Crippen LogP contribution in [0.25, 0.3) is 0 Å². The predicted octanol–water partition coefficient (Wildman–Crippen LogP) is 2.14. The Labute approximate surface area is 192 Å². The lowest BCUT2D eigenvalue weighted by Crippen LogP contribution is -2.37. The van der Waals surface area contributed by atoms with Crippen LogP contribution in [0.3, 0.4) is 0 Å². The largest absolute Gasteiger partial charge is 0.493 e. The molecule has 0 fully saturated rings. The van der Waals surface area contributed by atoms with Gasteiger partial charge >= 0.3 is 0 Å². The molecule has 0 spiro atoms. The van der Waals surface area contributed by atoms with Crippen LogP contribution in [-0.2, 0) is 19.4 Å². The number of benzene rings is 1. The van der Waals surface area contributed by atoms with Gasteiger partial charge in [-0.1, -0.05) is 6.07 Å². The van der Waals surface area contributed by atoms with Crippen molar-refractivity contribution in [2.75, 3.05) is 31.0 Å². The van der Waals surface area contributed by atoms with E-state index in [9.17, 15) is 22.8 Å². The molecule has 0 saturated heterocycles. The second-order valence-corrected chi connectivity index (χ2v) is 9.50. The highest BCUT2D eigenvalue weighted by Gasteiger charge is 2.31. The molecule has 0 radical (unpaired) electrons. The zero-order chi connectivity index (χ0) is 24.8. The molecule has 2 rings (SSSR count). The molecule has 178 valence electrons. The summed E-state index contributed by atoms with van der Waals surface area (Å²) in [5.74, 6) is -0.851. The number of carbonyl (C=O) groups is 3. The summed E-state index contributed by atoms with van der Waals surface area (Å²) >= 11 is 0. The number of anilines is 1. The third-order valence-electron chi connectivity index (χ3n) is 4.77. The molecule has 1 heterocycles. The molecule has 3 amide bonds. The number of methoxy groups -OCH3 is 1. The molecule has 0 aliphatic carbocycles. The number of aromatic nitrogens is 1. The van der Waals surface area contributed by atoms with Crippen molar-refractivity contribution in [3.8, 4) is 11.5 Å². The number of pyridine rings is 1. The van der Waals surface area contributed by atoms with Crippen molar-refractivity contribution in [1.82, 2.24) is 9.88 Å². The Balaban J connectivity index is 2.59. The van der Waals surface area contributed by atoms with E-state index in [0.29, 0.717) is 34.9 Å². The molecular formula is C22H27N3O7S. The number of amides is 3. The van der Waals surface area contributed by atoms with E-state index in [-0.39, 0.29) is 17.9 Å². The van der Waals surface area contributed by atoms with Gasteiger partial charge in [0.15, 0.2) is 11.5 Å². The fraction of sp³-hybridized carbons (Fsp3) is 0.364. The van der Waals surface area contributed by atoms with Crippen molar-refractivity contribution < 1.29 is 32.3 Å². The standard InChI is InChI=1S/C22H27N3O7S/c1-6-32-21-9-16(7-8-20(21)31-4)19(12-33(5,29)30)25(13-26)22(28)17-10-23-11-18(14(17)2)24-15(3)27/h7-11,13,19H,6,12H2,1-5H3,(H,24,27). The minimum atomic E-state index is -3.61. The second kappa shape index (κ2) is 10.9. The molecule has 1 aromatic heterocycles. The number of hydrogen-bond acceptors (Lipinski definition) is 8. The lowest BCUT2D eigenvalue weighted by atomic mass is 10.0. The molecule has 0 saturated carbocycles. The van der Waals surface area contributed by atoms with Crippen LogP contribution in [0.2, 0.25) is 0 Å². The van der Waals surface area contributed by atoms with Crippen molar-refractivity contribution in [2.24, 2.45) is 0 Å². The van der Waals surface area contributed by atoms with Gasteiger partial charge < -0.3 is 14.8 Å². The molecule has 1 atom stereocenters. The highest BCUT2D eigenvalue weighted by Crippen LogP contribution is 2.33. The van der Waals surface area contributed by atoms with Crippen LogP contribution in [0, 0.1) is 6.92 Å². The molecule has 33 heavy (non-hydrogen) atoms. The van der Waals surface area contributed by atoms with Crippen LogP contribution < -0.4 is 14.8 Å². The fourth-order valence-electron chi connectivity index (χ4n) is 3.25. The molecule has 2 aromatic rings. The number of rotatable bonds is 10. The third-order valence-corrected chi connectivity index (χ3v) is 5.69. The maximum absolute atomic E-state index is 13.4. The first-order valence-corrected chi connectivity index (χ1v) is 12.1. The number of ether oxygens (including phenoxy) is 2. The summed E-state index contributed by atoms with van der Waals surface area (Å²) < 4.78 is 35.2. The lowest BCUT2D eigenvalue weighted by Gasteiger charge is -2.28. The summed E-state index contributed by atoms with van der Waals surface area (Å²) in [5.41, 5.74) is 1.11. The monoisotopic (exact) mass is 477 g/mol. The number of nitrogens with zero attached hydrogens (tertiary/aromatic N) is 2. The number of nitrogens with one attached hydrogen (secondary N) is 1. The molecule has 0 aliphatic rings. The van der Waals surface area contributed by atoms with Crippen LogP contribution in [0.1, 0.15) is 41.4 Å². The first kappa shape index (κ1) is 25.8. The van der Waals surface area contributed by atoms with Crippen LogP contribution in [0.5, 0.6) is 11.5 Å². The number of imide groups is 1. The summed E-state index contributed by atoms with van der Waals surface area (Å²) in [5, 5.41) is 2.57. The summed E-state index contributed by atoms with van der Waals surface area (Å²) in [7, 11) is -2.15. The average Bonchev–Trinajstić information content (AvgIpc) is 2.74. The molecule has 11 heteroatoms. The Kier molecular flexibility index (Phi) is 8.52. The van der Waals surface area contributed by atoms with Crippen molar-refractivity contribution >= 4 is 33.7 Å². The molecule has 1 N–H and O–H groups in total. The third kappa shape index (κ3) is 6.51. The van der Waals surface area contributed by atoms with E-state index in [2.05, 4.69) is 10.3 Å². The first-order chi connectivity index (χ1) is 15.5. The number of carbonyl (C=O) groups excluding carboxylic acids is 3. The minimum absolute atomic E-state index is 0.0467. The summed E-state index contributed by atoms with van der Waals surface area (Å²) in [4.78, 5) is 41.7. The molecule has 1 aromatic carbocycles. The van der Waals surface area contributed by atoms with Gasteiger partial charge in [0.1, 0.15) is 9.84 Å². The van der Waals surface area contributed by atoms with Gasteiger partial charge in [-0.25, -0.2) is 8.42 Å². The van der Waals surface area contributed by atoms with Gasteiger partial charge in [0.05, 0.1) is 43.0 Å². The Bertz CT molecular complexity index is 1150. The SMILES string of the molecule is CCOc1cc(C(CS(C)(=O)=O)N(C=O)C(=O)c2cncc(NC(C)=O)c2C)ccc1OC. The van der Waals surface area contributed by atoms with E-state index in [1.807, 2.05) is 0 Å². The zero-order valence-electron chi connectivity index (χ0n) is 19.1. The second-order valence-electron chi connectivity index (χ2n) is 7.31. The first-order valence-electron chi connectivity index (χ1n) is 10.0.